The van der Waals surface area contributed by atoms with Crippen molar-refractivity contribution in [2.24, 2.45) is 0 Å². The number of nitrogens with one attached hydrogen (secondary N) is 1. The molecular formula is C23H26ClNO2. The zero-order chi connectivity index (χ0) is 18.7. The van der Waals surface area contributed by atoms with E-state index in [2.05, 4.69) is 35.6 Å². The zero-order valence-corrected chi connectivity index (χ0v) is 16.3. The lowest BCUT2D eigenvalue weighted by atomic mass is 9.74. The van der Waals surface area contributed by atoms with Crippen LogP contribution in [0.25, 0.3) is 0 Å². The summed E-state index contributed by atoms with van der Waals surface area (Å²) >= 11 is 6.50. The molecular weight excluding hydrogens is 358 g/mol. The molecule has 1 atom stereocenters. The number of rotatable bonds is 5. The van der Waals surface area contributed by atoms with Gasteiger partial charge in [0.05, 0.1) is 0 Å². The quantitative estimate of drug-likeness (QED) is 0.817. The molecule has 0 spiro atoms. The van der Waals surface area contributed by atoms with Gasteiger partial charge in [-0.05, 0) is 54.4 Å². The Morgan fingerprint density at radius 1 is 1.11 bits per heavy atom. The fourth-order valence-electron chi connectivity index (χ4n) is 4.62. The van der Waals surface area contributed by atoms with E-state index in [-0.39, 0.29) is 11.3 Å². The second-order valence-electron chi connectivity index (χ2n) is 7.79. The molecule has 1 aliphatic carbocycles. The number of carbonyl (C=O) groups excluding carboxylic acids is 1. The minimum atomic E-state index is -0.139. The third-order valence-corrected chi connectivity index (χ3v) is 6.54. The van der Waals surface area contributed by atoms with Crippen molar-refractivity contribution in [3.63, 3.8) is 0 Å². The Morgan fingerprint density at radius 3 is 2.67 bits per heavy atom. The van der Waals surface area contributed by atoms with E-state index in [0.29, 0.717) is 32.1 Å². The number of benzene rings is 2. The Hall–Kier alpha value is -1.84. The van der Waals surface area contributed by atoms with Gasteiger partial charge >= 0.3 is 0 Å². The Balaban J connectivity index is 1.44. The van der Waals surface area contributed by atoms with Crippen LogP contribution in [-0.4, -0.2) is 25.7 Å². The predicted octanol–water partition coefficient (Wildman–Crippen LogP) is 4.62. The predicted molar refractivity (Wildman–Crippen MR) is 108 cm³/mol. The van der Waals surface area contributed by atoms with Gasteiger partial charge in [-0.25, -0.2) is 0 Å². The maximum atomic E-state index is 12.7. The summed E-state index contributed by atoms with van der Waals surface area (Å²) in [5.41, 5.74) is 3.73. The van der Waals surface area contributed by atoms with E-state index in [1.807, 2.05) is 18.2 Å². The molecule has 1 heterocycles. The average Bonchev–Trinajstić information content (AvgIpc) is 3.10. The van der Waals surface area contributed by atoms with Gasteiger partial charge in [-0.2, -0.15) is 0 Å². The minimum Gasteiger partial charge on any atom is -0.381 e. The van der Waals surface area contributed by atoms with Crippen LogP contribution in [0.15, 0.2) is 48.5 Å². The molecule has 0 bridgehead atoms. The van der Waals surface area contributed by atoms with Crippen LogP contribution in [0.2, 0.25) is 5.02 Å². The first-order valence-corrected chi connectivity index (χ1v) is 10.2. The molecule has 0 saturated carbocycles. The monoisotopic (exact) mass is 383 g/mol. The normalized spacial score (nSPS) is 20.9. The molecule has 0 aromatic heterocycles. The van der Waals surface area contributed by atoms with Gasteiger partial charge < -0.3 is 10.1 Å². The summed E-state index contributed by atoms with van der Waals surface area (Å²) in [6.45, 7) is 2.03. The molecule has 1 N–H and O–H groups in total. The Bertz CT molecular complexity index is 814. The van der Waals surface area contributed by atoms with Gasteiger partial charge in [0, 0.05) is 36.6 Å². The van der Waals surface area contributed by atoms with Gasteiger partial charge in [0.1, 0.15) is 0 Å². The highest BCUT2D eigenvalue weighted by Crippen LogP contribution is 2.39. The zero-order valence-electron chi connectivity index (χ0n) is 15.5. The number of fused-ring (bicyclic) bond motifs is 1. The lowest BCUT2D eigenvalue weighted by Crippen LogP contribution is -2.45. The molecule has 0 radical (unpaired) electrons. The summed E-state index contributed by atoms with van der Waals surface area (Å²) in [5, 5.41) is 4.00. The summed E-state index contributed by atoms with van der Waals surface area (Å²) < 4.78 is 5.58. The molecule has 27 heavy (non-hydrogen) atoms. The van der Waals surface area contributed by atoms with Gasteiger partial charge in [-0.3, -0.25) is 4.79 Å². The van der Waals surface area contributed by atoms with Crippen LogP contribution in [0.5, 0.6) is 0 Å². The molecule has 2 aromatic carbocycles. The standard InChI is InChI=1S/C23H26ClNO2/c24-21-8-4-3-7-20(21)23(11-13-27-14-12-23)16-25-22(26)15-18-10-9-17-5-1-2-6-19(17)18/h1-8,18H,9-16H2,(H,25,26). The van der Waals surface area contributed by atoms with Crippen LogP contribution in [0.1, 0.15) is 48.3 Å². The highest BCUT2D eigenvalue weighted by Gasteiger charge is 2.36. The van der Waals surface area contributed by atoms with Crippen molar-refractivity contribution in [1.82, 2.24) is 5.32 Å². The van der Waals surface area contributed by atoms with Gasteiger partial charge in [0.25, 0.3) is 0 Å². The van der Waals surface area contributed by atoms with Gasteiger partial charge in [0.15, 0.2) is 0 Å². The number of hydrogen-bond acceptors (Lipinski definition) is 2. The molecule has 142 valence electrons. The van der Waals surface area contributed by atoms with Crippen molar-refractivity contribution in [2.45, 2.75) is 43.4 Å². The fourth-order valence-corrected chi connectivity index (χ4v) is 4.95. The second kappa shape index (κ2) is 8.04. The number of halogens is 1. The molecule has 2 aliphatic rings. The Kier molecular flexibility index (Phi) is 5.51. The van der Waals surface area contributed by atoms with Crippen LogP contribution in [0.4, 0.5) is 0 Å². The van der Waals surface area contributed by atoms with Gasteiger partial charge in [0.2, 0.25) is 5.91 Å². The molecule has 4 rings (SSSR count). The number of hydrogen-bond donors (Lipinski definition) is 1. The molecule has 2 aromatic rings. The molecule has 4 heteroatoms. The summed E-state index contributed by atoms with van der Waals surface area (Å²) in [4.78, 5) is 12.7. The maximum absolute atomic E-state index is 12.7. The van der Waals surface area contributed by atoms with Crippen LogP contribution >= 0.6 is 11.6 Å². The van der Waals surface area contributed by atoms with Crippen molar-refractivity contribution < 1.29 is 9.53 Å². The number of amides is 1. The third-order valence-electron chi connectivity index (χ3n) is 6.21. The summed E-state index contributed by atoms with van der Waals surface area (Å²) in [7, 11) is 0. The van der Waals surface area contributed by atoms with E-state index in [0.717, 1.165) is 36.3 Å². The highest BCUT2D eigenvalue weighted by molar-refractivity contribution is 6.31. The van der Waals surface area contributed by atoms with Crippen LogP contribution in [0.3, 0.4) is 0 Å². The first-order valence-electron chi connectivity index (χ1n) is 9.85. The third kappa shape index (κ3) is 3.90. The summed E-state index contributed by atoms with van der Waals surface area (Å²) in [5.74, 6) is 0.474. The van der Waals surface area contributed by atoms with E-state index in [1.165, 1.54) is 11.1 Å². The number of aryl methyl sites for hydroxylation is 1. The second-order valence-corrected chi connectivity index (χ2v) is 8.20. The minimum absolute atomic E-state index is 0.134. The van der Waals surface area contributed by atoms with Crippen molar-refractivity contribution >= 4 is 17.5 Å². The van der Waals surface area contributed by atoms with Crippen LogP contribution < -0.4 is 5.32 Å². The summed E-state index contributed by atoms with van der Waals surface area (Å²) in [6.07, 6.45) is 4.46. The maximum Gasteiger partial charge on any atom is 0.220 e. The largest absolute Gasteiger partial charge is 0.381 e. The molecule has 1 saturated heterocycles. The van der Waals surface area contributed by atoms with E-state index in [4.69, 9.17) is 16.3 Å². The molecule has 1 fully saturated rings. The average molecular weight is 384 g/mol. The Morgan fingerprint density at radius 2 is 1.85 bits per heavy atom. The Labute approximate surface area is 166 Å². The summed E-state index contributed by atoms with van der Waals surface area (Å²) in [6, 6.07) is 16.5. The molecule has 1 amide bonds. The van der Waals surface area contributed by atoms with E-state index in [1.54, 1.807) is 0 Å². The first kappa shape index (κ1) is 18.5. The van der Waals surface area contributed by atoms with Crippen LogP contribution in [-0.2, 0) is 21.4 Å². The number of ether oxygens (including phenoxy) is 1. The van der Waals surface area contributed by atoms with E-state index < -0.39 is 0 Å². The van der Waals surface area contributed by atoms with Crippen molar-refractivity contribution in [3.8, 4) is 0 Å². The van der Waals surface area contributed by atoms with E-state index >= 15 is 0 Å². The SMILES string of the molecule is O=C(CC1CCc2ccccc21)NCC1(c2ccccc2Cl)CCOCC1. The van der Waals surface area contributed by atoms with E-state index in [9.17, 15) is 4.79 Å². The van der Waals surface area contributed by atoms with Crippen molar-refractivity contribution in [1.29, 1.82) is 0 Å². The lowest BCUT2D eigenvalue weighted by Gasteiger charge is -2.38. The fraction of sp³-hybridized carbons (Fsp3) is 0.435. The van der Waals surface area contributed by atoms with Crippen LogP contribution in [0, 0.1) is 0 Å². The van der Waals surface area contributed by atoms with Crippen molar-refractivity contribution in [2.75, 3.05) is 19.8 Å². The molecule has 3 nitrogen and oxygen atoms in total. The smallest absolute Gasteiger partial charge is 0.220 e. The first-order chi connectivity index (χ1) is 13.2. The van der Waals surface area contributed by atoms with Gasteiger partial charge in [-0.15, -0.1) is 0 Å². The number of carbonyl (C=O) groups is 1. The lowest BCUT2D eigenvalue weighted by molar-refractivity contribution is -0.122. The molecule has 1 aliphatic heterocycles. The highest BCUT2D eigenvalue weighted by atomic mass is 35.5. The topological polar surface area (TPSA) is 38.3 Å². The van der Waals surface area contributed by atoms with Crippen molar-refractivity contribution in [3.05, 3.63) is 70.2 Å². The molecule has 1 unspecified atom stereocenters. The van der Waals surface area contributed by atoms with Gasteiger partial charge in [-0.1, -0.05) is 54.1 Å².